The normalized spacial score (nSPS) is 20.4. The minimum Gasteiger partial charge on any atom is -0.395 e. The van der Waals surface area contributed by atoms with Gasteiger partial charge >= 0.3 is 0 Å². The van der Waals surface area contributed by atoms with Crippen LogP contribution in [0.4, 0.5) is 17.1 Å². The maximum Gasteiger partial charge on any atom is 0.264 e. The summed E-state index contributed by atoms with van der Waals surface area (Å²) >= 11 is 0. The zero-order valence-corrected chi connectivity index (χ0v) is 31.5. The number of hydrogen-bond acceptors (Lipinski definition) is 6. The Morgan fingerprint density at radius 3 is 2.06 bits per heavy atom. The molecule has 4 amide bonds. The van der Waals surface area contributed by atoms with Gasteiger partial charge in [-0.15, -0.1) is 0 Å². The number of carbonyl (C=O) groups is 4. The van der Waals surface area contributed by atoms with Crippen LogP contribution < -0.4 is 14.7 Å². The van der Waals surface area contributed by atoms with Crippen molar-refractivity contribution < 1.29 is 29.4 Å². The minimum atomic E-state index is -1.96. The van der Waals surface area contributed by atoms with Crippen LogP contribution in [-0.4, -0.2) is 65.0 Å². The summed E-state index contributed by atoms with van der Waals surface area (Å²) in [6.45, 7) is 3.62. The van der Waals surface area contributed by atoms with Crippen molar-refractivity contribution in [2.24, 2.45) is 5.92 Å². The van der Waals surface area contributed by atoms with Crippen LogP contribution in [0.25, 0.3) is 0 Å². The lowest BCUT2D eigenvalue weighted by atomic mass is 9.82. The molecule has 10 nitrogen and oxygen atoms in total. The molecule has 3 heterocycles. The molecule has 0 radical (unpaired) electrons. The van der Waals surface area contributed by atoms with Crippen molar-refractivity contribution in [3.63, 3.8) is 0 Å². The third-order valence-corrected chi connectivity index (χ3v) is 11.1. The second-order valence-electron chi connectivity index (χ2n) is 14.9. The van der Waals surface area contributed by atoms with Gasteiger partial charge < -0.3 is 29.8 Å². The highest BCUT2D eigenvalue weighted by Gasteiger charge is 2.52. The van der Waals surface area contributed by atoms with E-state index in [1.54, 1.807) is 39.8 Å². The predicted octanol–water partition coefficient (Wildman–Crippen LogP) is 6.62. The van der Waals surface area contributed by atoms with Crippen LogP contribution in [-0.2, 0) is 37.9 Å². The Hall–Kier alpha value is -4.80. The lowest BCUT2D eigenvalue weighted by Crippen LogP contribution is -2.44. The maximum atomic E-state index is 14.5. The second-order valence-corrected chi connectivity index (χ2v) is 14.9. The van der Waals surface area contributed by atoms with Crippen molar-refractivity contribution >= 4 is 40.7 Å². The molecule has 3 aromatic carbocycles. The van der Waals surface area contributed by atoms with Crippen LogP contribution in [0.3, 0.4) is 0 Å². The van der Waals surface area contributed by atoms with Crippen molar-refractivity contribution in [1.82, 2.24) is 4.90 Å². The predicted molar refractivity (Wildman–Crippen MR) is 211 cm³/mol. The average Bonchev–Trinajstić information content (AvgIpc) is 3.37. The number of anilines is 3. The van der Waals surface area contributed by atoms with E-state index >= 15 is 0 Å². The quantitative estimate of drug-likeness (QED) is 0.202. The topological polar surface area (TPSA) is 122 Å². The Morgan fingerprint density at radius 2 is 1.41 bits per heavy atom. The van der Waals surface area contributed by atoms with E-state index in [1.165, 1.54) is 0 Å². The summed E-state index contributed by atoms with van der Waals surface area (Å²) in [5.41, 5.74) is 2.34. The highest BCUT2D eigenvalue weighted by atomic mass is 16.3. The molecule has 0 bridgehead atoms. The lowest BCUT2D eigenvalue weighted by molar-refractivity contribution is -0.139. The number of hydrogen-bond donors (Lipinski definition) is 2. The van der Waals surface area contributed by atoms with Crippen molar-refractivity contribution in [3.05, 3.63) is 102 Å². The highest BCUT2D eigenvalue weighted by Crippen LogP contribution is 2.47. The van der Waals surface area contributed by atoms with Gasteiger partial charge in [0.2, 0.25) is 17.7 Å². The van der Waals surface area contributed by atoms with E-state index < -0.39 is 17.4 Å². The fraction of sp³-hybridized carbons (Fsp3) is 0.455. The first-order chi connectivity index (χ1) is 26.2. The summed E-state index contributed by atoms with van der Waals surface area (Å²) in [6.07, 6.45) is 12.3. The van der Waals surface area contributed by atoms with Crippen molar-refractivity contribution in [1.29, 1.82) is 0 Å². The zero-order valence-electron chi connectivity index (χ0n) is 31.5. The number of rotatable bonds is 12. The van der Waals surface area contributed by atoms with Gasteiger partial charge in [0.25, 0.3) is 5.91 Å². The Kier molecular flexibility index (Phi) is 13.0. The van der Waals surface area contributed by atoms with Crippen molar-refractivity contribution in [2.45, 2.75) is 96.2 Å². The molecule has 3 aromatic rings. The molecule has 2 atom stereocenters. The standard InChI is InChI=1S/C44H54N4O6/c1-33(14-13-19-40(50)45(28-29-49)31-34-15-7-6-8-16-34)44(54)38-30-37(47-27-12-5-3-10-18-42(47)52)24-25-39(38)48(43(44)53)32-35-20-22-36(23-21-35)46-26-11-4-2-9-17-41(46)51/h6-8,13-16,20-25,30,33,49,54H,2-5,9-12,17-19,26-29,31-32H2,1H3/b14-13+/t33-,44+/m0/s1. The first-order valence-electron chi connectivity index (χ1n) is 19.7. The molecule has 0 saturated carbocycles. The Labute approximate surface area is 319 Å². The van der Waals surface area contributed by atoms with E-state index in [0.717, 1.165) is 68.2 Å². The number of amides is 4. The van der Waals surface area contributed by atoms with E-state index in [4.69, 9.17) is 0 Å². The van der Waals surface area contributed by atoms with E-state index in [0.29, 0.717) is 49.4 Å². The molecule has 54 heavy (non-hydrogen) atoms. The molecule has 6 rings (SSSR count). The summed E-state index contributed by atoms with van der Waals surface area (Å²) < 4.78 is 0. The molecule has 0 unspecified atom stereocenters. The highest BCUT2D eigenvalue weighted by molar-refractivity contribution is 6.08. The summed E-state index contributed by atoms with van der Waals surface area (Å²) in [5.74, 6) is -1.22. The number of benzene rings is 3. The van der Waals surface area contributed by atoms with E-state index in [1.807, 2.05) is 71.6 Å². The first kappa shape index (κ1) is 38.9. The summed E-state index contributed by atoms with van der Waals surface area (Å²) in [7, 11) is 0. The van der Waals surface area contributed by atoms with Gasteiger partial charge in [-0.25, -0.2) is 0 Å². The van der Waals surface area contributed by atoms with Gasteiger partial charge in [0.05, 0.1) is 18.8 Å². The molecule has 3 aliphatic rings. The van der Waals surface area contributed by atoms with Crippen LogP contribution in [0.5, 0.6) is 0 Å². The Balaban J connectivity index is 1.26. The van der Waals surface area contributed by atoms with Gasteiger partial charge in [0, 0.05) is 68.3 Å². The number of fused-ring (bicyclic) bond motifs is 1. The number of nitrogens with zero attached hydrogens (tertiary/aromatic N) is 4. The molecular weight excluding hydrogens is 681 g/mol. The molecule has 2 N–H and O–H groups in total. The molecule has 0 spiro atoms. The van der Waals surface area contributed by atoms with Gasteiger partial charge in [0.1, 0.15) is 0 Å². The van der Waals surface area contributed by atoms with E-state index in [-0.39, 0.29) is 43.8 Å². The van der Waals surface area contributed by atoms with Crippen LogP contribution in [0, 0.1) is 5.92 Å². The molecule has 2 fully saturated rings. The van der Waals surface area contributed by atoms with Gasteiger partial charge in [0.15, 0.2) is 5.60 Å². The summed E-state index contributed by atoms with van der Waals surface area (Å²) in [4.78, 5) is 60.8. The van der Waals surface area contributed by atoms with Gasteiger partial charge in [-0.05, 0) is 67.1 Å². The van der Waals surface area contributed by atoms with Crippen LogP contribution in [0.1, 0.15) is 94.2 Å². The Bertz CT molecular complexity index is 1810. The first-order valence-corrected chi connectivity index (χ1v) is 19.7. The molecule has 0 aliphatic carbocycles. The third-order valence-electron chi connectivity index (χ3n) is 11.1. The second kappa shape index (κ2) is 18.0. The smallest absolute Gasteiger partial charge is 0.264 e. The number of carbonyl (C=O) groups excluding carboxylic acids is 4. The van der Waals surface area contributed by atoms with E-state index in [9.17, 15) is 29.4 Å². The fourth-order valence-electron chi connectivity index (χ4n) is 7.95. The largest absolute Gasteiger partial charge is 0.395 e. The van der Waals surface area contributed by atoms with Crippen molar-refractivity contribution in [2.75, 3.05) is 40.9 Å². The molecule has 3 aliphatic heterocycles. The summed E-state index contributed by atoms with van der Waals surface area (Å²) in [6, 6.07) is 22.8. The van der Waals surface area contributed by atoms with Crippen molar-refractivity contribution in [3.8, 4) is 0 Å². The molecule has 2 saturated heterocycles. The monoisotopic (exact) mass is 734 g/mol. The number of aliphatic hydroxyl groups excluding tert-OH is 1. The van der Waals surface area contributed by atoms with Gasteiger partial charge in [-0.2, -0.15) is 0 Å². The Morgan fingerprint density at radius 1 is 0.796 bits per heavy atom. The molecule has 286 valence electrons. The van der Waals surface area contributed by atoms with Crippen LogP contribution in [0.2, 0.25) is 0 Å². The van der Waals surface area contributed by atoms with Crippen LogP contribution >= 0.6 is 0 Å². The average molecular weight is 735 g/mol. The third kappa shape index (κ3) is 8.77. The van der Waals surface area contributed by atoms with Crippen LogP contribution in [0.15, 0.2) is 84.9 Å². The minimum absolute atomic E-state index is 0.0339. The zero-order chi connectivity index (χ0) is 38.1. The van der Waals surface area contributed by atoms with E-state index in [2.05, 4.69) is 0 Å². The van der Waals surface area contributed by atoms with Gasteiger partial charge in [-0.3, -0.25) is 19.2 Å². The summed E-state index contributed by atoms with van der Waals surface area (Å²) in [5, 5.41) is 22.2. The number of aliphatic hydroxyl groups is 2. The fourth-order valence-corrected chi connectivity index (χ4v) is 7.95. The SMILES string of the molecule is C[C@@H](/C=C/CC(=O)N(CCO)Cc1ccccc1)[C@]1(O)C(=O)N(Cc2ccc(N3CCCCCCC3=O)cc2)c2ccc(N3CCCCCCC3=O)cc21. The molecule has 10 heteroatoms. The molecular formula is C44H54N4O6. The lowest BCUT2D eigenvalue weighted by Gasteiger charge is -2.29. The van der Waals surface area contributed by atoms with Gasteiger partial charge in [-0.1, -0.05) is 87.2 Å². The maximum absolute atomic E-state index is 14.5. The molecule has 0 aromatic heterocycles.